The lowest BCUT2D eigenvalue weighted by Gasteiger charge is -2.31. The van der Waals surface area contributed by atoms with Crippen LogP contribution in [0.1, 0.15) is 24.5 Å². The van der Waals surface area contributed by atoms with E-state index in [2.05, 4.69) is 6.07 Å². The maximum absolute atomic E-state index is 12.9. The second-order valence-electron chi connectivity index (χ2n) is 6.04. The quantitative estimate of drug-likeness (QED) is 0.867. The van der Waals surface area contributed by atoms with Crippen LogP contribution in [0.5, 0.6) is 0 Å². The second-order valence-corrected chi connectivity index (χ2v) is 6.04. The summed E-state index contributed by atoms with van der Waals surface area (Å²) in [4.78, 5) is 28.1. The predicted molar refractivity (Wildman–Crippen MR) is 96.3 cm³/mol. The lowest BCUT2D eigenvalue weighted by Crippen LogP contribution is -2.44. The minimum absolute atomic E-state index is 0.0431. The van der Waals surface area contributed by atoms with E-state index in [-0.39, 0.29) is 18.4 Å². The van der Waals surface area contributed by atoms with Crippen molar-refractivity contribution < 1.29 is 9.59 Å². The van der Waals surface area contributed by atoms with E-state index in [1.54, 1.807) is 29.2 Å². The van der Waals surface area contributed by atoms with Crippen LogP contribution in [0.2, 0.25) is 0 Å². The van der Waals surface area contributed by atoms with Crippen LogP contribution in [-0.4, -0.2) is 24.9 Å². The number of carbonyl (C=O) groups is 2. The molecule has 126 valence electrons. The van der Waals surface area contributed by atoms with Gasteiger partial charge in [0.2, 0.25) is 11.8 Å². The largest absolute Gasteiger partial charge is 0.311 e. The molecule has 0 aromatic heterocycles. The highest BCUT2D eigenvalue weighted by Gasteiger charge is 2.25. The summed E-state index contributed by atoms with van der Waals surface area (Å²) >= 11 is 0. The van der Waals surface area contributed by atoms with Crippen LogP contribution in [0.4, 0.5) is 11.4 Å². The van der Waals surface area contributed by atoms with Crippen LogP contribution in [0.25, 0.3) is 0 Å². The molecular weight excluding hydrogens is 314 g/mol. The van der Waals surface area contributed by atoms with E-state index in [4.69, 9.17) is 5.26 Å². The number of hydrogen-bond donors (Lipinski definition) is 0. The van der Waals surface area contributed by atoms with Crippen molar-refractivity contribution in [3.05, 3.63) is 59.7 Å². The van der Waals surface area contributed by atoms with Crippen molar-refractivity contribution >= 4 is 23.2 Å². The number of fused-ring (bicyclic) bond motifs is 1. The minimum Gasteiger partial charge on any atom is -0.311 e. The average molecular weight is 333 g/mol. The predicted octanol–water partition coefficient (Wildman–Crippen LogP) is 2.89. The van der Waals surface area contributed by atoms with Gasteiger partial charge in [-0.05, 0) is 42.7 Å². The summed E-state index contributed by atoms with van der Waals surface area (Å²) in [5.41, 5.74) is 3.10. The van der Waals surface area contributed by atoms with Gasteiger partial charge in [-0.15, -0.1) is 0 Å². The molecule has 0 aliphatic carbocycles. The van der Waals surface area contributed by atoms with Gasteiger partial charge in [-0.25, -0.2) is 0 Å². The fraction of sp³-hybridized carbons (Fsp3) is 0.250. The number of aryl methyl sites for hydroxylation is 1. The van der Waals surface area contributed by atoms with E-state index in [1.807, 2.05) is 24.3 Å². The van der Waals surface area contributed by atoms with Crippen molar-refractivity contribution in [2.24, 2.45) is 0 Å². The van der Waals surface area contributed by atoms with E-state index in [0.29, 0.717) is 17.8 Å². The number of para-hydroxylation sites is 1. The molecule has 0 fully saturated rings. The van der Waals surface area contributed by atoms with Crippen molar-refractivity contribution in [2.45, 2.75) is 19.8 Å². The zero-order chi connectivity index (χ0) is 17.8. The summed E-state index contributed by atoms with van der Waals surface area (Å²) < 4.78 is 0. The smallest absolute Gasteiger partial charge is 0.247 e. The highest BCUT2D eigenvalue weighted by molar-refractivity contribution is 6.03. The van der Waals surface area contributed by atoms with Crippen LogP contribution >= 0.6 is 0 Å². The highest BCUT2D eigenvalue weighted by Crippen LogP contribution is 2.27. The van der Waals surface area contributed by atoms with Crippen LogP contribution in [0.3, 0.4) is 0 Å². The molecule has 0 bridgehead atoms. The summed E-state index contributed by atoms with van der Waals surface area (Å²) in [5.74, 6) is -0.349. The molecule has 1 aliphatic heterocycles. The van der Waals surface area contributed by atoms with Gasteiger partial charge >= 0.3 is 0 Å². The molecule has 3 rings (SSSR count). The summed E-state index contributed by atoms with van der Waals surface area (Å²) in [7, 11) is 0. The molecule has 0 unspecified atom stereocenters. The van der Waals surface area contributed by atoms with Crippen molar-refractivity contribution in [3.63, 3.8) is 0 Å². The van der Waals surface area contributed by atoms with E-state index in [9.17, 15) is 9.59 Å². The molecular formula is C20H19N3O2. The van der Waals surface area contributed by atoms with Crippen molar-refractivity contribution in [2.75, 3.05) is 22.9 Å². The third-order valence-corrected chi connectivity index (χ3v) is 4.37. The zero-order valence-corrected chi connectivity index (χ0v) is 14.1. The number of nitriles is 1. The van der Waals surface area contributed by atoms with Gasteiger partial charge in [0.25, 0.3) is 0 Å². The molecule has 0 spiro atoms. The lowest BCUT2D eigenvalue weighted by molar-refractivity contribution is -0.121. The van der Waals surface area contributed by atoms with Crippen molar-refractivity contribution in [1.29, 1.82) is 5.26 Å². The number of anilines is 2. The molecule has 5 heteroatoms. The summed E-state index contributed by atoms with van der Waals surface area (Å²) in [5, 5.41) is 9.05. The number of hydrogen-bond acceptors (Lipinski definition) is 3. The van der Waals surface area contributed by atoms with Crippen molar-refractivity contribution in [3.8, 4) is 6.07 Å². The Labute approximate surface area is 147 Å². The van der Waals surface area contributed by atoms with Gasteiger partial charge in [0, 0.05) is 24.8 Å². The van der Waals surface area contributed by atoms with E-state index < -0.39 is 0 Å². The molecule has 0 saturated heterocycles. The Morgan fingerprint density at radius 3 is 2.76 bits per heavy atom. The van der Waals surface area contributed by atoms with E-state index in [0.717, 1.165) is 24.1 Å². The fourth-order valence-corrected chi connectivity index (χ4v) is 3.14. The van der Waals surface area contributed by atoms with E-state index >= 15 is 0 Å². The first-order chi connectivity index (χ1) is 12.1. The van der Waals surface area contributed by atoms with Gasteiger partial charge in [-0.1, -0.05) is 24.3 Å². The summed E-state index contributed by atoms with van der Waals surface area (Å²) in [6.07, 6.45) is 1.87. The topological polar surface area (TPSA) is 64.4 Å². The fourth-order valence-electron chi connectivity index (χ4n) is 3.14. The molecule has 2 amide bonds. The molecule has 0 radical (unpaired) electrons. The summed E-state index contributed by atoms with van der Waals surface area (Å²) in [6.45, 7) is 2.04. The van der Waals surface area contributed by atoms with Crippen molar-refractivity contribution in [1.82, 2.24) is 0 Å². The maximum atomic E-state index is 12.9. The molecule has 0 atom stereocenters. The zero-order valence-electron chi connectivity index (χ0n) is 14.1. The number of amides is 2. The van der Waals surface area contributed by atoms with Gasteiger partial charge < -0.3 is 9.80 Å². The third kappa shape index (κ3) is 3.53. The van der Waals surface area contributed by atoms with Crippen LogP contribution < -0.4 is 9.80 Å². The Balaban J connectivity index is 1.85. The Morgan fingerprint density at radius 1 is 1.20 bits per heavy atom. The van der Waals surface area contributed by atoms with Crippen LogP contribution in [-0.2, 0) is 16.0 Å². The average Bonchev–Trinajstić information content (AvgIpc) is 2.65. The van der Waals surface area contributed by atoms with Gasteiger partial charge in [0.1, 0.15) is 6.54 Å². The molecule has 2 aromatic carbocycles. The minimum atomic E-state index is -0.228. The normalized spacial score (nSPS) is 12.9. The molecule has 0 N–H and O–H groups in total. The Bertz CT molecular complexity index is 854. The number of benzene rings is 2. The van der Waals surface area contributed by atoms with Gasteiger partial charge in [-0.2, -0.15) is 5.26 Å². The molecule has 1 aliphatic rings. The first-order valence-electron chi connectivity index (χ1n) is 8.26. The second kappa shape index (κ2) is 7.18. The molecule has 2 aromatic rings. The molecule has 0 saturated carbocycles. The van der Waals surface area contributed by atoms with Gasteiger partial charge in [0.05, 0.1) is 11.6 Å². The molecule has 5 nitrogen and oxygen atoms in total. The lowest BCUT2D eigenvalue weighted by atomic mass is 10.0. The highest BCUT2D eigenvalue weighted by atomic mass is 16.2. The van der Waals surface area contributed by atoms with Crippen LogP contribution in [0, 0.1) is 11.3 Å². The monoisotopic (exact) mass is 333 g/mol. The standard InChI is InChI=1S/C20H19N3O2/c1-15(24)23(18-9-4-6-16(12-18)13-21)14-20(25)22-11-5-8-17-7-2-3-10-19(17)22/h2-4,6-7,9-10,12H,5,8,11,14H2,1H3. The molecule has 1 heterocycles. The Morgan fingerprint density at radius 2 is 2.00 bits per heavy atom. The third-order valence-electron chi connectivity index (χ3n) is 4.37. The SMILES string of the molecule is CC(=O)N(CC(=O)N1CCCc2ccccc21)c1cccc(C#N)c1. The number of carbonyl (C=O) groups excluding carboxylic acids is 2. The first-order valence-corrected chi connectivity index (χ1v) is 8.26. The van der Waals surface area contributed by atoms with Gasteiger partial charge in [0.15, 0.2) is 0 Å². The molecule has 25 heavy (non-hydrogen) atoms. The number of rotatable bonds is 3. The Hall–Kier alpha value is -3.13. The van der Waals surface area contributed by atoms with Gasteiger partial charge in [-0.3, -0.25) is 9.59 Å². The van der Waals surface area contributed by atoms with Crippen LogP contribution in [0.15, 0.2) is 48.5 Å². The maximum Gasteiger partial charge on any atom is 0.247 e. The number of nitrogens with zero attached hydrogens (tertiary/aromatic N) is 3. The summed E-state index contributed by atoms with van der Waals surface area (Å²) in [6, 6.07) is 16.7. The first kappa shape index (κ1) is 16.7. The van der Waals surface area contributed by atoms with E-state index in [1.165, 1.54) is 11.8 Å². The Kier molecular flexibility index (Phi) is 4.80.